The first kappa shape index (κ1) is 24.6. The van der Waals surface area contributed by atoms with Gasteiger partial charge in [-0.15, -0.1) is 12.4 Å². The Morgan fingerprint density at radius 3 is 1.36 bits per heavy atom. The molecule has 4 aromatic rings. The highest BCUT2D eigenvalue weighted by Gasteiger charge is 2.38. The van der Waals surface area contributed by atoms with E-state index in [9.17, 15) is 0 Å². The summed E-state index contributed by atoms with van der Waals surface area (Å²) >= 11 is 0. The minimum atomic E-state index is 0. The third-order valence-electron chi connectivity index (χ3n) is 7.31. The van der Waals surface area contributed by atoms with Crippen LogP contribution in [0.5, 0.6) is 11.5 Å². The minimum absolute atomic E-state index is 0. The zero-order chi connectivity index (χ0) is 23.5. The number of hydrogen-bond donors (Lipinski definition) is 2. The summed E-state index contributed by atoms with van der Waals surface area (Å²) < 4.78 is 6.49. The molecule has 0 amide bonds. The van der Waals surface area contributed by atoms with Crippen molar-refractivity contribution in [2.75, 3.05) is 0 Å². The van der Waals surface area contributed by atoms with Gasteiger partial charge in [0.05, 0.1) is 0 Å². The lowest BCUT2D eigenvalue weighted by Gasteiger charge is -2.15. The third-order valence-corrected chi connectivity index (χ3v) is 7.31. The van der Waals surface area contributed by atoms with Crippen molar-refractivity contribution in [1.29, 1.82) is 0 Å². The Morgan fingerprint density at radius 2 is 0.917 bits per heavy atom. The number of para-hydroxylation sites is 2. The predicted octanol–water partition coefficient (Wildman–Crippen LogP) is 7.19. The van der Waals surface area contributed by atoms with E-state index in [-0.39, 0.29) is 12.4 Å². The van der Waals surface area contributed by atoms with Crippen LogP contribution in [0.15, 0.2) is 109 Å². The van der Waals surface area contributed by atoms with Gasteiger partial charge in [-0.2, -0.15) is 0 Å². The van der Waals surface area contributed by atoms with Gasteiger partial charge < -0.3 is 15.4 Å². The molecule has 4 heteroatoms. The number of ether oxygens (including phenoxy) is 1. The molecular weight excluding hydrogens is 464 g/mol. The van der Waals surface area contributed by atoms with E-state index in [1.807, 2.05) is 0 Å². The Kier molecular flexibility index (Phi) is 7.72. The van der Waals surface area contributed by atoms with Gasteiger partial charge in [-0.25, -0.2) is 0 Å². The summed E-state index contributed by atoms with van der Waals surface area (Å²) in [6, 6.07) is 39.5. The molecule has 4 unspecified atom stereocenters. The van der Waals surface area contributed by atoms with E-state index in [1.165, 1.54) is 35.1 Å². The highest BCUT2D eigenvalue weighted by Crippen LogP contribution is 2.42. The third kappa shape index (κ3) is 5.82. The molecule has 4 aromatic carbocycles. The average Bonchev–Trinajstić information content (AvgIpc) is 3.84. The molecule has 36 heavy (non-hydrogen) atoms. The second-order valence-corrected chi connectivity index (χ2v) is 9.80. The highest BCUT2D eigenvalue weighted by atomic mass is 35.5. The molecular formula is C32H33ClN2O. The molecule has 2 aliphatic carbocycles. The van der Waals surface area contributed by atoms with Gasteiger partial charge in [-0.3, -0.25) is 0 Å². The fraction of sp³-hybridized carbons (Fsp3) is 0.250. The molecule has 0 heterocycles. The van der Waals surface area contributed by atoms with E-state index in [4.69, 9.17) is 4.74 Å². The number of benzene rings is 4. The average molecular weight is 497 g/mol. The van der Waals surface area contributed by atoms with Crippen molar-refractivity contribution in [2.24, 2.45) is 0 Å². The highest BCUT2D eigenvalue weighted by molar-refractivity contribution is 5.85. The molecule has 3 nitrogen and oxygen atoms in total. The quantitative estimate of drug-likeness (QED) is 0.244. The normalized spacial score (nSPS) is 21.9. The van der Waals surface area contributed by atoms with Crippen LogP contribution < -0.4 is 15.4 Å². The molecule has 0 aromatic heterocycles. The molecule has 0 bridgehead atoms. The van der Waals surface area contributed by atoms with E-state index >= 15 is 0 Å². The van der Waals surface area contributed by atoms with Crippen LogP contribution in [-0.4, -0.2) is 12.1 Å². The van der Waals surface area contributed by atoms with Crippen molar-refractivity contribution in [3.05, 3.63) is 131 Å². The SMILES string of the molecule is Cl.c1ccc(C2CC2NCc2ccccc2Oc2ccccc2CNC2CC2c2ccccc2)cc1. The van der Waals surface area contributed by atoms with Gasteiger partial charge in [0.2, 0.25) is 0 Å². The zero-order valence-corrected chi connectivity index (χ0v) is 21.2. The number of halogens is 1. The molecule has 2 aliphatic rings. The van der Waals surface area contributed by atoms with Crippen LogP contribution in [0.1, 0.15) is 46.9 Å². The summed E-state index contributed by atoms with van der Waals surface area (Å²) in [6.45, 7) is 1.62. The van der Waals surface area contributed by atoms with Crippen molar-refractivity contribution >= 4 is 12.4 Å². The summed E-state index contributed by atoms with van der Waals surface area (Å²) in [7, 11) is 0. The number of rotatable bonds is 10. The van der Waals surface area contributed by atoms with Crippen LogP contribution in [-0.2, 0) is 13.1 Å². The van der Waals surface area contributed by atoms with Gasteiger partial charge in [0.25, 0.3) is 0 Å². The zero-order valence-electron chi connectivity index (χ0n) is 20.3. The van der Waals surface area contributed by atoms with Gasteiger partial charge in [0, 0.05) is 48.1 Å². The molecule has 0 radical (unpaired) electrons. The fourth-order valence-corrected chi connectivity index (χ4v) is 5.08. The monoisotopic (exact) mass is 496 g/mol. The van der Waals surface area contributed by atoms with E-state index in [1.54, 1.807) is 0 Å². The first-order valence-electron chi connectivity index (χ1n) is 12.8. The van der Waals surface area contributed by atoms with E-state index in [0.717, 1.165) is 24.6 Å². The van der Waals surface area contributed by atoms with Crippen molar-refractivity contribution < 1.29 is 4.74 Å². The molecule has 0 spiro atoms. The summed E-state index contributed by atoms with van der Waals surface area (Å²) in [4.78, 5) is 0. The van der Waals surface area contributed by atoms with Gasteiger partial charge in [0.15, 0.2) is 0 Å². The molecule has 4 atom stereocenters. The predicted molar refractivity (Wildman–Crippen MR) is 149 cm³/mol. The second kappa shape index (κ2) is 11.3. The minimum Gasteiger partial charge on any atom is -0.457 e. The smallest absolute Gasteiger partial charge is 0.131 e. The lowest BCUT2D eigenvalue weighted by atomic mass is 10.1. The Balaban J connectivity index is 0.00000267. The van der Waals surface area contributed by atoms with Crippen molar-refractivity contribution in [1.82, 2.24) is 10.6 Å². The Hall–Kier alpha value is -3.11. The number of hydrogen-bond acceptors (Lipinski definition) is 3. The molecule has 0 saturated heterocycles. The van der Waals surface area contributed by atoms with Crippen LogP contribution >= 0.6 is 12.4 Å². The molecule has 184 valence electrons. The van der Waals surface area contributed by atoms with Crippen LogP contribution in [0, 0.1) is 0 Å². The Bertz CT molecular complexity index is 1160. The largest absolute Gasteiger partial charge is 0.457 e. The molecule has 0 aliphatic heterocycles. The van der Waals surface area contributed by atoms with Crippen LogP contribution in [0.3, 0.4) is 0 Å². The van der Waals surface area contributed by atoms with Gasteiger partial charge in [-0.05, 0) is 36.1 Å². The van der Waals surface area contributed by atoms with Gasteiger partial charge >= 0.3 is 0 Å². The van der Waals surface area contributed by atoms with Crippen molar-refractivity contribution in [3.8, 4) is 11.5 Å². The van der Waals surface area contributed by atoms with Crippen molar-refractivity contribution in [3.63, 3.8) is 0 Å². The molecule has 2 saturated carbocycles. The summed E-state index contributed by atoms with van der Waals surface area (Å²) in [6.07, 6.45) is 2.40. The van der Waals surface area contributed by atoms with Gasteiger partial charge in [0.1, 0.15) is 11.5 Å². The summed E-state index contributed by atoms with van der Waals surface area (Å²) in [5.74, 6) is 3.10. The number of nitrogens with one attached hydrogen (secondary N) is 2. The maximum atomic E-state index is 6.49. The Morgan fingerprint density at radius 1 is 0.528 bits per heavy atom. The molecule has 6 rings (SSSR count). The van der Waals surface area contributed by atoms with Gasteiger partial charge in [-0.1, -0.05) is 97.1 Å². The van der Waals surface area contributed by atoms with Crippen LogP contribution in [0.4, 0.5) is 0 Å². The standard InChI is InChI=1S/C32H32N2O.ClH/c1-3-11-23(12-4-1)27-19-29(27)33-21-25-15-7-9-17-31(25)35-32-18-10-8-16-26(32)22-34-30-20-28(30)24-13-5-2-6-14-24;/h1-18,27-30,33-34H,19-22H2;1H. The lowest BCUT2D eigenvalue weighted by Crippen LogP contribution is -2.18. The first-order chi connectivity index (χ1) is 17.3. The molecule has 2 N–H and O–H groups in total. The van der Waals surface area contributed by atoms with Crippen LogP contribution in [0.2, 0.25) is 0 Å². The van der Waals surface area contributed by atoms with Crippen molar-refractivity contribution in [2.45, 2.75) is 49.9 Å². The topological polar surface area (TPSA) is 33.3 Å². The lowest BCUT2D eigenvalue weighted by molar-refractivity contribution is 0.463. The maximum Gasteiger partial charge on any atom is 0.131 e. The van der Waals surface area contributed by atoms with E-state index in [0.29, 0.717) is 23.9 Å². The second-order valence-electron chi connectivity index (χ2n) is 9.80. The van der Waals surface area contributed by atoms with Crippen LogP contribution in [0.25, 0.3) is 0 Å². The van der Waals surface area contributed by atoms with E-state index < -0.39 is 0 Å². The first-order valence-corrected chi connectivity index (χ1v) is 12.8. The summed E-state index contributed by atoms with van der Waals surface area (Å²) in [5.41, 5.74) is 5.25. The Labute approximate surface area is 220 Å². The fourth-order valence-electron chi connectivity index (χ4n) is 5.08. The summed E-state index contributed by atoms with van der Waals surface area (Å²) in [5, 5.41) is 7.48. The van der Waals surface area contributed by atoms with E-state index in [2.05, 4.69) is 120 Å². The maximum absolute atomic E-state index is 6.49. The molecule has 2 fully saturated rings.